The number of carbonyl (C=O) groups excluding carboxylic acids is 1. The number of methoxy groups -OCH3 is 1. The standard InChI is InChI=1S/C13H12FN3O2S/c1-8-7-20-13(16-8)17-15-6-9-4-3-5-10(11(9)14)12(18)19-2/h3-7H,1-2H3,(H,16,17). The van der Waals surface area contributed by atoms with Gasteiger partial charge in [-0.15, -0.1) is 11.3 Å². The number of ether oxygens (including phenoxy) is 1. The van der Waals surface area contributed by atoms with E-state index in [-0.39, 0.29) is 11.1 Å². The molecule has 0 radical (unpaired) electrons. The normalized spacial score (nSPS) is 10.8. The number of hydrogen-bond acceptors (Lipinski definition) is 6. The monoisotopic (exact) mass is 293 g/mol. The lowest BCUT2D eigenvalue weighted by molar-refractivity contribution is 0.0595. The molecule has 0 fully saturated rings. The van der Waals surface area contributed by atoms with Gasteiger partial charge >= 0.3 is 5.97 Å². The molecule has 0 bridgehead atoms. The Kier molecular flexibility index (Phi) is 4.41. The van der Waals surface area contributed by atoms with E-state index in [0.717, 1.165) is 5.69 Å². The summed E-state index contributed by atoms with van der Waals surface area (Å²) < 4.78 is 18.5. The number of hydrazone groups is 1. The van der Waals surface area contributed by atoms with Gasteiger partial charge in [0.1, 0.15) is 5.82 Å². The maximum Gasteiger partial charge on any atom is 0.340 e. The van der Waals surface area contributed by atoms with Gasteiger partial charge in [-0.2, -0.15) is 5.10 Å². The number of nitrogens with zero attached hydrogens (tertiary/aromatic N) is 2. The number of aryl methyl sites for hydroxylation is 1. The molecule has 0 saturated heterocycles. The number of thiazole rings is 1. The first-order valence-electron chi connectivity index (χ1n) is 5.70. The average molecular weight is 293 g/mol. The molecule has 0 aliphatic heterocycles. The molecule has 0 aliphatic rings. The van der Waals surface area contributed by atoms with Gasteiger partial charge in [0.15, 0.2) is 0 Å². The maximum absolute atomic E-state index is 14.0. The minimum Gasteiger partial charge on any atom is -0.465 e. The van der Waals surface area contributed by atoms with Gasteiger partial charge in [-0.05, 0) is 13.0 Å². The van der Waals surface area contributed by atoms with Crippen molar-refractivity contribution >= 4 is 28.7 Å². The maximum atomic E-state index is 14.0. The molecular weight excluding hydrogens is 281 g/mol. The lowest BCUT2D eigenvalue weighted by Crippen LogP contribution is -2.06. The third-order valence-corrected chi connectivity index (χ3v) is 3.28. The molecule has 5 nitrogen and oxygen atoms in total. The Bertz CT molecular complexity index is 655. The summed E-state index contributed by atoms with van der Waals surface area (Å²) in [5, 5.41) is 6.38. The van der Waals surface area contributed by atoms with E-state index in [2.05, 4.69) is 20.2 Å². The highest BCUT2D eigenvalue weighted by Gasteiger charge is 2.14. The van der Waals surface area contributed by atoms with E-state index in [9.17, 15) is 9.18 Å². The van der Waals surface area contributed by atoms with Crippen LogP contribution in [0.1, 0.15) is 21.6 Å². The summed E-state index contributed by atoms with van der Waals surface area (Å²) in [4.78, 5) is 15.5. The van der Waals surface area contributed by atoms with Gasteiger partial charge in [-0.25, -0.2) is 14.2 Å². The lowest BCUT2D eigenvalue weighted by atomic mass is 10.1. The predicted octanol–water partition coefficient (Wildman–Crippen LogP) is 2.82. The number of carbonyl (C=O) groups is 1. The molecule has 1 N–H and O–H groups in total. The van der Waals surface area contributed by atoms with Crippen molar-refractivity contribution in [3.05, 3.63) is 46.2 Å². The topological polar surface area (TPSA) is 63.6 Å². The molecular formula is C13H12FN3O2S. The Labute approximate surface area is 119 Å². The Hall–Kier alpha value is -2.28. The van der Waals surface area contributed by atoms with Crippen molar-refractivity contribution in [1.82, 2.24) is 4.98 Å². The van der Waals surface area contributed by atoms with Crippen LogP contribution >= 0.6 is 11.3 Å². The molecule has 0 unspecified atom stereocenters. The van der Waals surface area contributed by atoms with Crippen molar-refractivity contribution < 1.29 is 13.9 Å². The van der Waals surface area contributed by atoms with Crippen LogP contribution < -0.4 is 5.43 Å². The SMILES string of the molecule is COC(=O)c1cccc(C=NNc2nc(C)cs2)c1F. The van der Waals surface area contributed by atoms with E-state index in [1.54, 1.807) is 6.07 Å². The Morgan fingerprint density at radius 3 is 3.00 bits per heavy atom. The highest BCUT2D eigenvalue weighted by atomic mass is 32.1. The minimum absolute atomic E-state index is 0.124. The van der Waals surface area contributed by atoms with E-state index < -0.39 is 11.8 Å². The number of halogens is 1. The molecule has 0 atom stereocenters. The molecule has 7 heteroatoms. The highest BCUT2D eigenvalue weighted by Crippen LogP contribution is 2.15. The largest absolute Gasteiger partial charge is 0.465 e. The third-order valence-electron chi connectivity index (χ3n) is 2.42. The Morgan fingerprint density at radius 1 is 1.55 bits per heavy atom. The van der Waals surface area contributed by atoms with Gasteiger partial charge < -0.3 is 4.74 Å². The number of aromatic nitrogens is 1. The predicted molar refractivity (Wildman–Crippen MR) is 75.8 cm³/mol. The van der Waals surface area contributed by atoms with Crippen molar-refractivity contribution in [2.45, 2.75) is 6.92 Å². The van der Waals surface area contributed by atoms with E-state index in [4.69, 9.17) is 0 Å². The zero-order valence-electron chi connectivity index (χ0n) is 10.9. The average Bonchev–Trinajstić information content (AvgIpc) is 2.85. The number of rotatable bonds is 4. The van der Waals surface area contributed by atoms with Crippen molar-refractivity contribution in [2.24, 2.45) is 5.10 Å². The summed E-state index contributed by atoms with van der Waals surface area (Å²) in [7, 11) is 1.20. The fourth-order valence-electron chi connectivity index (χ4n) is 1.48. The molecule has 1 aromatic heterocycles. The third kappa shape index (κ3) is 3.18. The molecule has 0 saturated carbocycles. The Balaban J connectivity index is 2.15. The van der Waals surface area contributed by atoms with Crippen LogP contribution in [0.15, 0.2) is 28.7 Å². The first-order valence-corrected chi connectivity index (χ1v) is 6.58. The van der Waals surface area contributed by atoms with Crippen LogP contribution in [0.3, 0.4) is 0 Å². The molecule has 0 spiro atoms. The van der Waals surface area contributed by atoms with Gasteiger partial charge in [0.25, 0.3) is 0 Å². The van der Waals surface area contributed by atoms with Crippen molar-refractivity contribution in [2.75, 3.05) is 12.5 Å². The van der Waals surface area contributed by atoms with Crippen molar-refractivity contribution in [1.29, 1.82) is 0 Å². The fourth-order valence-corrected chi connectivity index (χ4v) is 2.12. The fraction of sp³-hybridized carbons (Fsp3) is 0.154. The quantitative estimate of drug-likeness (QED) is 0.535. The summed E-state index contributed by atoms with van der Waals surface area (Å²) in [6.07, 6.45) is 1.29. The number of benzene rings is 1. The molecule has 20 heavy (non-hydrogen) atoms. The van der Waals surface area contributed by atoms with E-state index in [1.165, 1.54) is 36.8 Å². The van der Waals surface area contributed by atoms with Crippen molar-refractivity contribution in [3.63, 3.8) is 0 Å². The zero-order chi connectivity index (χ0) is 14.5. The van der Waals surface area contributed by atoms with Crippen LogP contribution in [-0.4, -0.2) is 24.3 Å². The second kappa shape index (κ2) is 6.25. The summed E-state index contributed by atoms with van der Waals surface area (Å²) in [6, 6.07) is 4.43. The minimum atomic E-state index is -0.721. The van der Waals surface area contributed by atoms with Crippen LogP contribution in [-0.2, 0) is 4.74 Å². The van der Waals surface area contributed by atoms with Crippen molar-refractivity contribution in [3.8, 4) is 0 Å². The van der Waals surface area contributed by atoms with Crippen LogP contribution in [0.5, 0.6) is 0 Å². The number of nitrogens with one attached hydrogen (secondary N) is 1. The van der Waals surface area contributed by atoms with Gasteiger partial charge in [0.05, 0.1) is 24.6 Å². The first-order chi connectivity index (χ1) is 9.61. The molecule has 0 aliphatic carbocycles. The second-order valence-electron chi connectivity index (χ2n) is 3.86. The smallest absolute Gasteiger partial charge is 0.340 e. The first kappa shape index (κ1) is 14.1. The van der Waals surface area contributed by atoms with E-state index in [0.29, 0.717) is 5.13 Å². The van der Waals surface area contributed by atoms with Crippen LogP contribution in [0, 0.1) is 12.7 Å². The number of esters is 1. The second-order valence-corrected chi connectivity index (χ2v) is 4.72. The van der Waals surface area contributed by atoms with Crippen LogP contribution in [0.4, 0.5) is 9.52 Å². The number of hydrogen-bond donors (Lipinski definition) is 1. The van der Waals surface area contributed by atoms with Crippen LogP contribution in [0.25, 0.3) is 0 Å². The lowest BCUT2D eigenvalue weighted by Gasteiger charge is -2.03. The van der Waals surface area contributed by atoms with E-state index >= 15 is 0 Å². The van der Waals surface area contributed by atoms with Gasteiger partial charge in [-0.3, -0.25) is 5.43 Å². The number of anilines is 1. The molecule has 0 amide bonds. The summed E-state index contributed by atoms with van der Waals surface area (Å²) >= 11 is 1.40. The summed E-state index contributed by atoms with van der Waals surface area (Å²) in [6.45, 7) is 1.87. The van der Waals surface area contributed by atoms with Crippen LogP contribution in [0.2, 0.25) is 0 Å². The van der Waals surface area contributed by atoms with Gasteiger partial charge in [-0.1, -0.05) is 12.1 Å². The molecule has 104 valence electrons. The Morgan fingerprint density at radius 2 is 2.35 bits per heavy atom. The summed E-state index contributed by atoms with van der Waals surface area (Å²) in [5.74, 6) is -1.39. The molecule has 1 heterocycles. The van der Waals surface area contributed by atoms with Gasteiger partial charge in [0, 0.05) is 10.9 Å². The van der Waals surface area contributed by atoms with Gasteiger partial charge in [0.2, 0.25) is 5.13 Å². The summed E-state index contributed by atoms with van der Waals surface area (Å²) in [5.41, 5.74) is 3.64. The molecule has 2 rings (SSSR count). The highest BCUT2D eigenvalue weighted by molar-refractivity contribution is 7.13. The van der Waals surface area contributed by atoms with E-state index in [1.807, 2.05) is 12.3 Å². The molecule has 1 aromatic carbocycles. The molecule has 2 aromatic rings. The zero-order valence-corrected chi connectivity index (χ0v) is 11.7.